The standard InChI is InChI=1S/C28H44O6Si/c1-7-29-25-19-14-13-16-22(25)20-27(31-9-3,32-10-4)24-18-15-17-23(26(24)30-8-2)21-28(35,33-11-5)34-12-6/h13-19H,7-12,20-21H2,1-6,35H3. The van der Waals surface area contributed by atoms with Gasteiger partial charge < -0.3 is 28.4 Å². The summed E-state index contributed by atoms with van der Waals surface area (Å²) in [5, 5.41) is 0. The smallest absolute Gasteiger partial charge is 0.202 e. The predicted octanol–water partition coefficient (Wildman–Crippen LogP) is 4.59. The highest BCUT2D eigenvalue weighted by atomic mass is 28.1. The molecule has 0 radical (unpaired) electrons. The Hall–Kier alpha value is -1.90. The van der Waals surface area contributed by atoms with Crippen molar-refractivity contribution in [3.8, 4) is 11.5 Å². The van der Waals surface area contributed by atoms with E-state index in [9.17, 15) is 0 Å². The van der Waals surface area contributed by atoms with Crippen LogP contribution in [0.5, 0.6) is 11.5 Å². The first-order valence-corrected chi connectivity index (χ1v) is 13.9. The molecule has 0 saturated carbocycles. The van der Waals surface area contributed by atoms with Gasteiger partial charge in [0.05, 0.1) is 29.0 Å². The van der Waals surface area contributed by atoms with Crippen LogP contribution < -0.4 is 9.47 Å². The minimum absolute atomic E-state index is 0.481. The topological polar surface area (TPSA) is 55.4 Å². The zero-order valence-corrected chi connectivity index (χ0v) is 24.6. The third kappa shape index (κ3) is 7.79. The molecule has 0 aliphatic rings. The van der Waals surface area contributed by atoms with E-state index in [2.05, 4.69) is 12.1 Å². The lowest BCUT2D eigenvalue weighted by Crippen LogP contribution is -2.40. The van der Waals surface area contributed by atoms with Gasteiger partial charge >= 0.3 is 0 Å². The maximum Gasteiger partial charge on any atom is 0.202 e. The van der Waals surface area contributed by atoms with Gasteiger partial charge in [-0.05, 0) is 64.8 Å². The van der Waals surface area contributed by atoms with E-state index in [0.29, 0.717) is 62.7 Å². The van der Waals surface area contributed by atoms with Gasteiger partial charge in [0.1, 0.15) is 16.9 Å². The fourth-order valence-electron chi connectivity index (χ4n) is 4.50. The molecule has 0 amide bonds. The lowest BCUT2D eigenvalue weighted by Gasteiger charge is -2.37. The van der Waals surface area contributed by atoms with Crippen LogP contribution >= 0.6 is 0 Å². The Balaban J connectivity index is 2.66. The maximum absolute atomic E-state index is 6.45. The molecule has 6 nitrogen and oxygen atoms in total. The summed E-state index contributed by atoms with van der Waals surface area (Å²) in [5.74, 6) is 0.562. The lowest BCUT2D eigenvalue weighted by molar-refractivity contribution is -0.242. The predicted molar refractivity (Wildman–Crippen MR) is 143 cm³/mol. The molecule has 0 saturated heterocycles. The molecule has 196 valence electrons. The Morgan fingerprint density at radius 2 is 1.17 bits per heavy atom. The van der Waals surface area contributed by atoms with Crippen molar-refractivity contribution in [1.82, 2.24) is 0 Å². The lowest BCUT2D eigenvalue weighted by atomic mass is 9.93. The normalized spacial score (nSPS) is 12.2. The van der Waals surface area contributed by atoms with Crippen LogP contribution in [0.3, 0.4) is 0 Å². The van der Waals surface area contributed by atoms with Crippen LogP contribution in [0.1, 0.15) is 58.2 Å². The van der Waals surface area contributed by atoms with Crippen molar-refractivity contribution in [3.05, 3.63) is 59.2 Å². The van der Waals surface area contributed by atoms with Crippen molar-refractivity contribution in [2.75, 3.05) is 39.6 Å². The minimum Gasteiger partial charge on any atom is -0.494 e. The summed E-state index contributed by atoms with van der Waals surface area (Å²) < 4.78 is 37.3. The molecule has 0 aliphatic heterocycles. The molecule has 0 spiro atoms. The summed E-state index contributed by atoms with van der Waals surface area (Å²) >= 11 is 0. The molecular weight excluding hydrogens is 460 g/mol. The van der Waals surface area contributed by atoms with Crippen LogP contribution in [0.25, 0.3) is 0 Å². The number of hydrogen-bond acceptors (Lipinski definition) is 6. The average Bonchev–Trinajstić information content (AvgIpc) is 2.82. The molecule has 35 heavy (non-hydrogen) atoms. The van der Waals surface area contributed by atoms with Crippen LogP contribution in [0.2, 0.25) is 0 Å². The quantitative estimate of drug-likeness (QED) is 0.232. The van der Waals surface area contributed by atoms with Gasteiger partial charge in [-0.2, -0.15) is 0 Å². The molecule has 0 bridgehead atoms. The number of para-hydroxylation sites is 2. The molecule has 0 fully saturated rings. The first kappa shape index (κ1) is 29.3. The zero-order valence-electron chi connectivity index (χ0n) is 22.6. The average molecular weight is 505 g/mol. The molecule has 2 rings (SSSR count). The summed E-state index contributed by atoms with van der Waals surface area (Å²) in [6, 6.07) is 14.2. The summed E-state index contributed by atoms with van der Waals surface area (Å²) in [7, 11) is 0.716. The summed E-state index contributed by atoms with van der Waals surface area (Å²) in [4.78, 5) is 0. The largest absolute Gasteiger partial charge is 0.494 e. The van der Waals surface area contributed by atoms with E-state index in [1.165, 1.54) is 0 Å². The van der Waals surface area contributed by atoms with Crippen molar-refractivity contribution < 1.29 is 28.4 Å². The molecule has 2 aromatic rings. The van der Waals surface area contributed by atoms with E-state index in [-0.39, 0.29) is 0 Å². The van der Waals surface area contributed by atoms with Gasteiger partial charge in [-0.25, -0.2) is 0 Å². The summed E-state index contributed by atoms with van der Waals surface area (Å²) in [6.45, 7) is 15.2. The number of ether oxygens (including phenoxy) is 6. The fraction of sp³-hybridized carbons (Fsp3) is 0.571. The molecule has 0 heterocycles. The van der Waals surface area contributed by atoms with E-state index in [0.717, 1.165) is 28.2 Å². The van der Waals surface area contributed by atoms with Gasteiger partial charge in [-0.3, -0.25) is 0 Å². The SMILES string of the molecule is CCOc1ccccc1CC(OCC)(OCC)c1cccc(CC([SiH3])(OCC)OCC)c1OCC. The van der Waals surface area contributed by atoms with Crippen LogP contribution in [-0.4, -0.2) is 55.3 Å². The van der Waals surface area contributed by atoms with Crippen molar-refractivity contribution in [2.45, 2.75) is 65.6 Å². The van der Waals surface area contributed by atoms with Gasteiger partial charge in [0.2, 0.25) is 5.79 Å². The minimum atomic E-state index is -1.04. The third-order valence-corrected chi connectivity index (χ3v) is 6.59. The third-order valence-electron chi connectivity index (χ3n) is 5.66. The van der Waals surface area contributed by atoms with Crippen molar-refractivity contribution in [3.63, 3.8) is 0 Å². The van der Waals surface area contributed by atoms with Gasteiger partial charge in [0, 0.05) is 39.3 Å². The highest BCUT2D eigenvalue weighted by molar-refractivity contribution is 6.13. The first-order chi connectivity index (χ1) is 16.9. The van der Waals surface area contributed by atoms with E-state index in [1.54, 1.807) is 0 Å². The van der Waals surface area contributed by atoms with Crippen LogP contribution in [0.15, 0.2) is 42.5 Å². The molecular formula is C28H44O6Si. The summed E-state index contributed by atoms with van der Waals surface area (Å²) in [6.07, 6.45) is 1.07. The molecule has 0 atom stereocenters. The molecule has 7 heteroatoms. The Labute approximate surface area is 214 Å². The monoisotopic (exact) mass is 504 g/mol. The molecule has 2 aromatic carbocycles. The fourth-order valence-corrected chi connectivity index (χ4v) is 5.46. The van der Waals surface area contributed by atoms with Gasteiger partial charge in [-0.15, -0.1) is 0 Å². The highest BCUT2D eigenvalue weighted by Crippen LogP contribution is 2.42. The van der Waals surface area contributed by atoms with Gasteiger partial charge in [0.25, 0.3) is 0 Å². The van der Waals surface area contributed by atoms with E-state index < -0.39 is 11.2 Å². The van der Waals surface area contributed by atoms with Crippen LogP contribution in [0.4, 0.5) is 0 Å². The van der Waals surface area contributed by atoms with Crippen molar-refractivity contribution in [1.29, 1.82) is 0 Å². The van der Waals surface area contributed by atoms with E-state index in [1.807, 2.05) is 71.9 Å². The van der Waals surface area contributed by atoms with Gasteiger partial charge in [0.15, 0.2) is 0 Å². The maximum atomic E-state index is 6.45. The second kappa shape index (κ2) is 14.6. The van der Waals surface area contributed by atoms with Gasteiger partial charge in [-0.1, -0.05) is 30.3 Å². The second-order valence-electron chi connectivity index (χ2n) is 8.24. The highest BCUT2D eigenvalue weighted by Gasteiger charge is 2.39. The number of benzene rings is 2. The van der Waals surface area contributed by atoms with E-state index >= 15 is 0 Å². The number of hydrogen-bond donors (Lipinski definition) is 0. The van der Waals surface area contributed by atoms with Crippen LogP contribution in [0, 0.1) is 0 Å². The molecule has 0 aromatic heterocycles. The second-order valence-corrected chi connectivity index (χ2v) is 9.76. The van der Waals surface area contributed by atoms with E-state index in [4.69, 9.17) is 28.4 Å². The molecule has 0 unspecified atom stereocenters. The summed E-state index contributed by atoms with van der Waals surface area (Å²) in [5.41, 5.74) is 2.27. The van der Waals surface area contributed by atoms with Crippen molar-refractivity contribution >= 4 is 10.2 Å². The Morgan fingerprint density at radius 3 is 1.74 bits per heavy atom. The Kier molecular flexibility index (Phi) is 12.2. The molecule has 0 aliphatic carbocycles. The zero-order chi connectivity index (χ0) is 25.7. The first-order valence-electron chi connectivity index (χ1n) is 12.9. The molecule has 0 N–H and O–H groups in total. The van der Waals surface area contributed by atoms with Crippen molar-refractivity contribution in [2.24, 2.45) is 0 Å². The van der Waals surface area contributed by atoms with Crippen LogP contribution in [-0.2, 0) is 37.6 Å². The number of rotatable bonds is 17. The Bertz CT molecular complexity index is 876. The Morgan fingerprint density at radius 1 is 0.600 bits per heavy atom.